The minimum absolute atomic E-state index is 0.0212. The van der Waals surface area contributed by atoms with Gasteiger partial charge in [-0.3, -0.25) is 4.79 Å². The van der Waals surface area contributed by atoms with Gasteiger partial charge in [-0.1, -0.05) is 24.3 Å². The minimum Gasteiger partial charge on any atom is -0.324 e. The lowest BCUT2D eigenvalue weighted by molar-refractivity contribution is 0.100. The van der Waals surface area contributed by atoms with Crippen LogP contribution < -0.4 is 5.73 Å². The number of allylic oxidation sites excluding steroid dienone is 1. The van der Waals surface area contributed by atoms with Gasteiger partial charge in [0.15, 0.2) is 5.78 Å². The molecule has 0 aliphatic heterocycles. The standard InChI is InChI=1S/C11H10N2O/c12-7-1-2-9-3-5-10(6-4-9)11(14)8-13/h1-6H,8,13H2. The molecule has 3 heteroatoms. The highest BCUT2D eigenvalue weighted by Crippen LogP contribution is 2.06. The molecule has 0 aliphatic rings. The molecule has 1 aromatic carbocycles. The Balaban J connectivity index is 2.85. The Bertz CT molecular complexity index is 385. The van der Waals surface area contributed by atoms with Crippen molar-refractivity contribution in [3.63, 3.8) is 0 Å². The molecule has 1 aromatic rings. The summed E-state index contributed by atoms with van der Waals surface area (Å²) in [6, 6.07) is 8.85. The van der Waals surface area contributed by atoms with Crippen molar-refractivity contribution >= 4 is 11.9 Å². The van der Waals surface area contributed by atoms with Crippen LogP contribution in [0.15, 0.2) is 30.3 Å². The van der Waals surface area contributed by atoms with Gasteiger partial charge in [0.2, 0.25) is 0 Å². The molecule has 0 aliphatic carbocycles. The van der Waals surface area contributed by atoms with Gasteiger partial charge in [0.1, 0.15) is 0 Å². The first-order chi connectivity index (χ1) is 6.77. The highest BCUT2D eigenvalue weighted by molar-refractivity contribution is 5.97. The number of carbonyl (C=O) groups is 1. The van der Waals surface area contributed by atoms with Crippen molar-refractivity contribution in [2.75, 3.05) is 6.54 Å². The van der Waals surface area contributed by atoms with Crippen molar-refractivity contribution in [2.45, 2.75) is 0 Å². The summed E-state index contributed by atoms with van der Waals surface area (Å²) in [5.41, 5.74) is 6.70. The van der Waals surface area contributed by atoms with E-state index >= 15 is 0 Å². The van der Waals surface area contributed by atoms with Crippen molar-refractivity contribution in [3.05, 3.63) is 41.5 Å². The second-order valence-electron chi connectivity index (χ2n) is 2.71. The maximum absolute atomic E-state index is 11.1. The quantitative estimate of drug-likeness (QED) is 0.572. The smallest absolute Gasteiger partial charge is 0.176 e. The van der Waals surface area contributed by atoms with Crippen LogP contribution in [0.3, 0.4) is 0 Å². The summed E-state index contributed by atoms with van der Waals surface area (Å²) in [6.45, 7) is 0.0212. The van der Waals surface area contributed by atoms with Crippen LogP contribution >= 0.6 is 0 Å². The van der Waals surface area contributed by atoms with Crippen molar-refractivity contribution in [1.82, 2.24) is 0 Å². The van der Waals surface area contributed by atoms with E-state index in [1.165, 1.54) is 6.08 Å². The largest absolute Gasteiger partial charge is 0.324 e. The topological polar surface area (TPSA) is 66.9 Å². The Hall–Kier alpha value is -1.92. The zero-order chi connectivity index (χ0) is 10.4. The first kappa shape index (κ1) is 10.2. The molecule has 0 heterocycles. The van der Waals surface area contributed by atoms with E-state index in [0.29, 0.717) is 5.56 Å². The van der Waals surface area contributed by atoms with E-state index in [4.69, 9.17) is 11.0 Å². The summed E-state index contributed by atoms with van der Waals surface area (Å²) < 4.78 is 0. The Labute approximate surface area is 82.5 Å². The van der Waals surface area contributed by atoms with E-state index in [1.54, 1.807) is 30.3 Å². The number of rotatable bonds is 3. The summed E-state index contributed by atoms with van der Waals surface area (Å²) >= 11 is 0. The molecule has 14 heavy (non-hydrogen) atoms. The Kier molecular flexibility index (Phi) is 3.59. The maximum atomic E-state index is 11.1. The van der Waals surface area contributed by atoms with Gasteiger partial charge >= 0.3 is 0 Å². The van der Waals surface area contributed by atoms with Gasteiger partial charge in [-0.2, -0.15) is 5.26 Å². The second-order valence-corrected chi connectivity index (χ2v) is 2.71. The molecule has 0 bridgehead atoms. The number of hydrogen-bond donors (Lipinski definition) is 1. The fraction of sp³-hybridized carbons (Fsp3) is 0.0909. The number of Topliss-reactive ketones (excluding diaryl/α,β-unsaturated/α-hetero) is 1. The van der Waals surface area contributed by atoms with Crippen molar-refractivity contribution in [2.24, 2.45) is 5.73 Å². The third-order valence-corrected chi connectivity index (χ3v) is 1.77. The molecule has 0 saturated heterocycles. The number of benzene rings is 1. The average Bonchev–Trinajstić information content (AvgIpc) is 2.26. The minimum atomic E-state index is -0.0826. The van der Waals surface area contributed by atoms with Gasteiger partial charge in [0, 0.05) is 11.6 Å². The van der Waals surface area contributed by atoms with E-state index in [-0.39, 0.29) is 12.3 Å². The van der Waals surface area contributed by atoms with Crippen LogP contribution in [-0.4, -0.2) is 12.3 Å². The SMILES string of the molecule is N#CC=Cc1ccc(C(=O)CN)cc1. The third-order valence-electron chi connectivity index (χ3n) is 1.77. The number of carbonyl (C=O) groups excluding carboxylic acids is 1. The molecule has 3 nitrogen and oxygen atoms in total. The first-order valence-electron chi connectivity index (χ1n) is 4.17. The van der Waals surface area contributed by atoms with Crippen LogP contribution in [0.25, 0.3) is 6.08 Å². The predicted molar refractivity (Wildman–Crippen MR) is 54.5 cm³/mol. The molecule has 0 atom stereocenters. The zero-order valence-corrected chi connectivity index (χ0v) is 7.60. The van der Waals surface area contributed by atoms with Crippen LogP contribution in [0, 0.1) is 11.3 Å². The molecule has 70 valence electrons. The molecule has 0 amide bonds. The molecule has 0 radical (unpaired) electrons. The highest BCUT2D eigenvalue weighted by Gasteiger charge is 2.00. The van der Waals surface area contributed by atoms with E-state index in [2.05, 4.69) is 0 Å². The van der Waals surface area contributed by atoms with Crippen molar-refractivity contribution < 1.29 is 4.79 Å². The Morgan fingerprint density at radius 3 is 2.57 bits per heavy atom. The van der Waals surface area contributed by atoms with Gasteiger partial charge in [-0.15, -0.1) is 0 Å². The van der Waals surface area contributed by atoms with Gasteiger partial charge in [-0.05, 0) is 11.6 Å². The molecular formula is C11H10N2O. The van der Waals surface area contributed by atoms with E-state index < -0.39 is 0 Å². The fourth-order valence-electron chi connectivity index (χ4n) is 1.03. The molecule has 0 aromatic heterocycles. The summed E-state index contributed by atoms with van der Waals surface area (Å²) in [5, 5.41) is 8.30. The van der Waals surface area contributed by atoms with Gasteiger partial charge in [0.05, 0.1) is 12.6 Å². The lowest BCUT2D eigenvalue weighted by Gasteiger charge is -1.97. The van der Waals surface area contributed by atoms with Gasteiger partial charge < -0.3 is 5.73 Å². The molecule has 0 fully saturated rings. The molecule has 0 saturated carbocycles. The predicted octanol–water partition coefficient (Wildman–Crippen LogP) is 1.36. The third kappa shape index (κ3) is 2.54. The van der Waals surface area contributed by atoms with Gasteiger partial charge in [0.25, 0.3) is 0 Å². The van der Waals surface area contributed by atoms with Crippen LogP contribution in [0.2, 0.25) is 0 Å². The first-order valence-corrected chi connectivity index (χ1v) is 4.17. The lowest BCUT2D eigenvalue weighted by Crippen LogP contribution is -2.13. The van der Waals surface area contributed by atoms with E-state index in [0.717, 1.165) is 5.56 Å². The number of nitrogens with zero attached hydrogens (tertiary/aromatic N) is 1. The lowest BCUT2D eigenvalue weighted by atomic mass is 10.1. The number of hydrogen-bond acceptors (Lipinski definition) is 3. The highest BCUT2D eigenvalue weighted by atomic mass is 16.1. The normalized spacial score (nSPS) is 10.0. The summed E-state index contributed by atoms with van der Waals surface area (Å²) in [6.07, 6.45) is 3.07. The maximum Gasteiger partial charge on any atom is 0.176 e. The fourth-order valence-corrected chi connectivity index (χ4v) is 1.03. The van der Waals surface area contributed by atoms with Crippen molar-refractivity contribution in [1.29, 1.82) is 5.26 Å². The van der Waals surface area contributed by atoms with Crippen molar-refractivity contribution in [3.8, 4) is 6.07 Å². The monoisotopic (exact) mass is 186 g/mol. The number of nitriles is 1. The Morgan fingerprint density at radius 2 is 2.07 bits per heavy atom. The summed E-state index contributed by atoms with van der Waals surface area (Å²) in [5.74, 6) is -0.0826. The summed E-state index contributed by atoms with van der Waals surface area (Å²) in [7, 11) is 0. The summed E-state index contributed by atoms with van der Waals surface area (Å²) in [4.78, 5) is 11.1. The van der Waals surface area contributed by atoms with Crippen LogP contribution in [0.4, 0.5) is 0 Å². The number of ketones is 1. The van der Waals surface area contributed by atoms with Crippen LogP contribution in [-0.2, 0) is 0 Å². The average molecular weight is 186 g/mol. The van der Waals surface area contributed by atoms with Crippen LogP contribution in [0.1, 0.15) is 15.9 Å². The second kappa shape index (κ2) is 4.95. The molecule has 0 unspecified atom stereocenters. The molecular weight excluding hydrogens is 176 g/mol. The van der Waals surface area contributed by atoms with E-state index in [9.17, 15) is 4.79 Å². The zero-order valence-electron chi connectivity index (χ0n) is 7.60. The molecule has 2 N–H and O–H groups in total. The van der Waals surface area contributed by atoms with Crippen LogP contribution in [0.5, 0.6) is 0 Å². The molecule has 0 spiro atoms. The Morgan fingerprint density at radius 1 is 1.43 bits per heavy atom. The van der Waals surface area contributed by atoms with E-state index in [1.807, 2.05) is 6.07 Å². The molecule has 1 rings (SSSR count). The number of nitrogens with two attached hydrogens (primary N) is 1. The van der Waals surface area contributed by atoms with Gasteiger partial charge in [-0.25, -0.2) is 0 Å².